The molecule has 22 heavy (non-hydrogen) atoms. The third kappa shape index (κ3) is 2.84. The summed E-state index contributed by atoms with van der Waals surface area (Å²) in [5.74, 6) is 1.13. The maximum Gasteiger partial charge on any atom is 0.114 e. The summed E-state index contributed by atoms with van der Waals surface area (Å²) < 4.78 is 2.35. The molecule has 0 amide bonds. The molecule has 3 aromatic rings. The highest BCUT2D eigenvalue weighted by molar-refractivity contribution is 5.77. The number of nitrogens with two attached hydrogens (primary N) is 1. The number of nitrogen functional groups attached to an aromatic ring is 1. The quantitative estimate of drug-likeness (QED) is 0.717. The monoisotopic (exact) mass is 293 g/mol. The molecule has 0 spiro atoms. The fraction of sp³-hybridized carbons (Fsp3) is 0.316. The number of aromatic nitrogens is 2. The Bertz CT molecular complexity index is 769. The van der Waals surface area contributed by atoms with Gasteiger partial charge in [-0.25, -0.2) is 4.98 Å². The molecule has 0 unspecified atom stereocenters. The Balaban J connectivity index is 2.03. The first-order chi connectivity index (χ1) is 10.7. The number of hydrogen-bond donors (Lipinski definition) is 1. The molecule has 0 bridgehead atoms. The van der Waals surface area contributed by atoms with Gasteiger partial charge in [0.25, 0.3) is 0 Å². The van der Waals surface area contributed by atoms with Crippen LogP contribution in [0.3, 0.4) is 0 Å². The molecule has 1 heterocycles. The summed E-state index contributed by atoms with van der Waals surface area (Å²) >= 11 is 0. The third-order valence-corrected chi connectivity index (χ3v) is 4.09. The molecule has 3 heteroatoms. The molecule has 3 rings (SSSR count). The van der Waals surface area contributed by atoms with E-state index in [9.17, 15) is 0 Å². The maximum absolute atomic E-state index is 5.77. The number of anilines is 1. The molecule has 2 aromatic carbocycles. The highest BCUT2D eigenvalue weighted by atomic mass is 15.1. The maximum atomic E-state index is 5.77. The van der Waals surface area contributed by atoms with Gasteiger partial charge in [0.1, 0.15) is 5.82 Å². The Morgan fingerprint density at radius 2 is 1.73 bits per heavy atom. The topological polar surface area (TPSA) is 43.8 Å². The van der Waals surface area contributed by atoms with Crippen molar-refractivity contribution >= 4 is 16.7 Å². The molecular weight excluding hydrogens is 270 g/mol. The number of fused-ring (bicyclic) bond motifs is 1. The SMILES string of the molecule is CCCn1c(Cc2ccc(N)cc2)nc2cc(CC)ccc21. The van der Waals surface area contributed by atoms with E-state index in [0.29, 0.717) is 0 Å². The van der Waals surface area contributed by atoms with E-state index in [1.165, 1.54) is 16.6 Å². The number of imidazole rings is 1. The van der Waals surface area contributed by atoms with E-state index in [0.717, 1.165) is 42.8 Å². The van der Waals surface area contributed by atoms with Crippen molar-refractivity contribution in [2.45, 2.75) is 39.7 Å². The molecule has 1 aromatic heterocycles. The summed E-state index contributed by atoms with van der Waals surface area (Å²) in [6.07, 6.45) is 3.00. The molecule has 0 aliphatic carbocycles. The predicted molar refractivity (Wildman–Crippen MR) is 93.1 cm³/mol. The van der Waals surface area contributed by atoms with Crippen LogP contribution >= 0.6 is 0 Å². The molecule has 0 aliphatic heterocycles. The van der Waals surface area contributed by atoms with Crippen LogP contribution in [0.5, 0.6) is 0 Å². The minimum absolute atomic E-state index is 0.804. The summed E-state index contributed by atoms with van der Waals surface area (Å²) in [6, 6.07) is 14.7. The lowest BCUT2D eigenvalue weighted by molar-refractivity contribution is 0.664. The highest BCUT2D eigenvalue weighted by Gasteiger charge is 2.11. The third-order valence-electron chi connectivity index (χ3n) is 4.09. The highest BCUT2D eigenvalue weighted by Crippen LogP contribution is 2.21. The lowest BCUT2D eigenvalue weighted by atomic mass is 10.1. The standard InChI is InChI=1S/C19H23N3/c1-3-11-22-18-10-7-14(4-2)12-17(18)21-19(22)13-15-5-8-16(20)9-6-15/h5-10,12H,3-4,11,13,20H2,1-2H3. The van der Waals surface area contributed by atoms with Crippen LogP contribution in [-0.2, 0) is 19.4 Å². The lowest BCUT2D eigenvalue weighted by Crippen LogP contribution is -2.04. The van der Waals surface area contributed by atoms with Crippen molar-refractivity contribution in [1.82, 2.24) is 9.55 Å². The van der Waals surface area contributed by atoms with Gasteiger partial charge < -0.3 is 10.3 Å². The van der Waals surface area contributed by atoms with Gasteiger partial charge in [-0.2, -0.15) is 0 Å². The smallest absolute Gasteiger partial charge is 0.114 e. The minimum atomic E-state index is 0.804. The zero-order valence-corrected chi connectivity index (χ0v) is 13.3. The molecule has 2 N–H and O–H groups in total. The molecular formula is C19H23N3. The molecule has 0 atom stereocenters. The van der Waals surface area contributed by atoms with Gasteiger partial charge in [-0.1, -0.05) is 32.0 Å². The van der Waals surface area contributed by atoms with E-state index < -0.39 is 0 Å². The number of rotatable bonds is 5. The number of benzene rings is 2. The van der Waals surface area contributed by atoms with Crippen LogP contribution in [0.25, 0.3) is 11.0 Å². The number of nitrogens with zero attached hydrogens (tertiary/aromatic N) is 2. The van der Waals surface area contributed by atoms with E-state index in [1.807, 2.05) is 12.1 Å². The fourth-order valence-electron chi connectivity index (χ4n) is 2.87. The van der Waals surface area contributed by atoms with Crippen LogP contribution in [0, 0.1) is 0 Å². The Labute approximate surface area is 131 Å². The minimum Gasteiger partial charge on any atom is -0.399 e. The molecule has 0 aliphatic rings. The Kier molecular flexibility index (Phi) is 4.14. The van der Waals surface area contributed by atoms with E-state index in [1.54, 1.807) is 0 Å². The fourth-order valence-corrected chi connectivity index (χ4v) is 2.87. The van der Waals surface area contributed by atoms with Gasteiger partial charge in [0, 0.05) is 18.7 Å². The average molecular weight is 293 g/mol. The van der Waals surface area contributed by atoms with Gasteiger partial charge in [-0.05, 0) is 48.2 Å². The summed E-state index contributed by atoms with van der Waals surface area (Å²) in [4.78, 5) is 4.89. The second-order valence-corrected chi connectivity index (χ2v) is 5.77. The van der Waals surface area contributed by atoms with E-state index in [4.69, 9.17) is 10.7 Å². The van der Waals surface area contributed by atoms with Crippen molar-refractivity contribution in [3.8, 4) is 0 Å². The molecule has 0 saturated carbocycles. The van der Waals surface area contributed by atoms with E-state index in [2.05, 4.69) is 48.7 Å². The lowest BCUT2D eigenvalue weighted by Gasteiger charge is -2.08. The van der Waals surface area contributed by atoms with Crippen molar-refractivity contribution < 1.29 is 0 Å². The van der Waals surface area contributed by atoms with Crippen LogP contribution in [0.4, 0.5) is 5.69 Å². The molecule has 0 fully saturated rings. The first-order valence-corrected chi connectivity index (χ1v) is 8.03. The van der Waals surface area contributed by atoms with Crippen LogP contribution in [0.1, 0.15) is 37.2 Å². The van der Waals surface area contributed by atoms with Gasteiger partial charge >= 0.3 is 0 Å². The summed E-state index contributed by atoms with van der Waals surface area (Å²) in [5, 5.41) is 0. The van der Waals surface area contributed by atoms with Crippen LogP contribution in [0.15, 0.2) is 42.5 Å². The molecule has 0 saturated heterocycles. The number of aryl methyl sites for hydroxylation is 2. The Morgan fingerprint density at radius 1 is 1.00 bits per heavy atom. The largest absolute Gasteiger partial charge is 0.399 e. The number of hydrogen-bond acceptors (Lipinski definition) is 2. The molecule has 3 nitrogen and oxygen atoms in total. The van der Waals surface area contributed by atoms with Gasteiger partial charge in [0.15, 0.2) is 0 Å². The van der Waals surface area contributed by atoms with Crippen LogP contribution < -0.4 is 5.73 Å². The van der Waals surface area contributed by atoms with E-state index in [-0.39, 0.29) is 0 Å². The van der Waals surface area contributed by atoms with Crippen molar-refractivity contribution in [1.29, 1.82) is 0 Å². The normalized spacial score (nSPS) is 11.2. The van der Waals surface area contributed by atoms with Crippen molar-refractivity contribution in [2.24, 2.45) is 0 Å². The Morgan fingerprint density at radius 3 is 2.41 bits per heavy atom. The molecule has 0 radical (unpaired) electrons. The second-order valence-electron chi connectivity index (χ2n) is 5.77. The van der Waals surface area contributed by atoms with Crippen molar-refractivity contribution in [3.63, 3.8) is 0 Å². The van der Waals surface area contributed by atoms with Gasteiger partial charge in [0.05, 0.1) is 11.0 Å². The van der Waals surface area contributed by atoms with Gasteiger partial charge in [-0.15, -0.1) is 0 Å². The second kappa shape index (κ2) is 6.22. The first-order valence-electron chi connectivity index (χ1n) is 8.03. The van der Waals surface area contributed by atoms with Crippen LogP contribution in [0.2, 0.25) is 0 Å². The van der Waals surface area contributed by atoms with Crippen molar-refractivity contribution in [3.05, 3.63) is 59.4 Å². The van der Waals surface area contributed by atoms with Gasteiger partial charge in [0.2, 0.25) is 0 Å². The van der Waals surface area contributed by atoms with Crippen molar-refractivity contribution in [2.75, 3.05) is 5.73 Å². The summed E-state index contributed by atoms with van der Waals surface area (Å²) in [5.41, 5.74) is 11.5. The average Bonchev–Trinajstić information content (AvgIpc) is 2.87. The zero-order valence-electron chi connectivity index (χ0n) is 13.3. The zero-order chi connectivity index (χ0) is 15.5. The first kappa shape index (κ1) is 14.6. The summed E-state index contributed by atoms with van der Waals surface area (Å²) in [6.45, 7) is 5.39. The predicted octanol–water partition coefficient (Wildman–Crippen LogP) is 4.18. The van der Waals surface area contributed by atoms with Crippen LogP contribution in [-0.4, -0.2) is 9.55 Å². The summed E-state index contributed by atoms with van der Waals surface area (Å²) in [7, 11) is 0. The Hall–Kier alpha value is -2.29. The van der Waals surface area contributed by atoms with E-state index >= 15 is 0 Å². The molecule has 114 valence electrons. The van der Waals surface area contributed by atoms with Gasteiger partial charge in [-0.3, -0.25) is 0 Å².